The Hall–Kier alpha value is -0.120. The second-order valence-corrected chi connectivity index (χ2v) is 5.83. The van der Waals surface area contributed by atoms with Crippen molar-refractivity contribution < 1.29 is 0 Å². The van der Waals surface area contributed by atoms with Gasteiger partial charge in [-0.05, 0) is 64.2 Å². The summed E-state index contributed by atoms with van der Waals surface area (Å²) in [5, 5.41) is 0. The van der Waals surface area contributed by atoms with Crippen LogP contribution in [0.4, 0.5) is 0 Å². The van der Waals surface area contributed by atoms with Gasteiger partial charge in [0.05, 0.1) is 0 Å². The maximum Gasteiger partial charge on any atom is 0.0109 e. The molecule has 0 atom stereocenters. The average molecular weight is 225 g/mol. The number of nitrogens with zero attached hydrogens (tertiary/aromatic N) is 2. The zero-order valence-electron chi connectivity index (χ0n) is 10.7. The van der Waals surface area contributed by atoms with Crippen LogP contribution < -0.4 is 5.73 Å². The third kappa shape index (κ3) is 3.44. The van der Waals surface area contributed by atoms with Crippen LogP contribution in [0.3, 0.4) is 0 Å². The molecule has 0 aromatic heterocycles. The molecular formula is C13H27N3. The van der Waals surface area contributed by atoms with Crippen LogP contribution in [-0.4, -0.2) is 56.1 Å². The van der Waals surface area contributed by atoms with Crippen molar-refractivity contribution >= 4 is 0 Å². The zero-order chi connectivity index (χ0) is 11.4. The maximum absolute atomic E-state index is 5.68. The minimum absolute atomic E-state index is 0.606. The molecule has 16 heavy (non-hydrogen) atoms. The second-order valence-electron chi connectivity index (χ2n) is 5.83. The van der Waals surface area contributed by atoms with E-state index in [1.165, 1.54) is 64.8 Å². The molecule has 1 aliphatic carbocycles. The van der Waals surface area contributed by atoms with Gasteiger partial charge >= 0.3 is 0 Å². The van der Waals surface area contributed by atoms with E-state index in [0.29, 0.717) is 5.41 Å². The summed E-state index contributed by atoms with van der Waals surface area (Å²) < 4.78 is 0. The third-order valence-corrected chi connectivity index (χ3v) is 4.23. The lowest BCUT2D eigenvalue weighted by atomic mass is 10.0. The first-order valence-electron chi connectivity index (χ1n) is 6.85. The Kier molecular flexibility index (Phi) is 4.22. The predicted octanol–water partition coefficient (Wildman–Crippen LogP) is 1.14. The Morgan fingerprint density at radius 1 is 1.25 bits per heavy atom. The van der Waals surface area contributed by atoms with Crippen molar-refractivity contribution in [3.8, 4) is 0 Å². The highest BCUT2D eigenvalue weighted by Gasteiger charge is 2.42. The Morgan fingerprint density at radius 3 is 2.50 bits per heavy atom. The van der Waals surface area contributed by atoms with E-state index in [-0.39, 0.29) is 0 Å². The van der Waals surface area contributed by atoms with Gasteiger partial charge in [0.2, 0.25) is 0 Å². The van der Waals surface area contributed by atoms with Crippen molar-refractivity contribution in [2.75, 3.05) is 46.3 Å². The van der Waals surface area contributed by atoms with E-state index >= 15 is 0 Å². The Balaban J connectivity index is 1.62. The van der Waals surface area contributed by atoms with Gasteiger partial charge in [0.15, 0.2) is 0 Å². The minimum Gasteiger partial charge on any atom is -0.330 e. The van der Waals surface area contributed by atoms with Crippen molar-refractivity contribution in [3.63, 3.8) is 0 Å². The number of likely N-dealkylation sites (N-methyl/N-ethyl adjacent to an activating group) is 1. The lowest BCUT2D eigenvalue weighted by Crippen LogP contribution is -2.35. The first-order chi connectivity index (χ1) is 7.74. The number of hydrogen-bond donors (Lipinski definition) is 1. The lowest BCUT2D eigenvalue weighted by Gasteiger charge is -2.25. The van der Waals surface area contributed by atoms with Crippen LogP contribution in [-0.2, 0) is 0 Å². The van der Waals surface area contributed by atoms with E-state index in [0.717, 1.165) is 6.54 Å². The van der Waals surface area contributed by atoms with Crippen LogP contribution in [0.5, 0.6) is 0 Å². The van der Waals surface area contributed by atoms with Crippen molar-refractivity contribution in [3.05, 3.63) is 0 Å². The highest BCUT2D eigenvalue weighted by atomic mass is 15.2. The summed E-state index contributed by atoms with van der Waals surface area (Å²) in [5.41, 5.74) is 6.28. The molecule has 2 rings (SSSR count). The van der Waals surface area contributed by atoms with Gasteiger partial charge in [-0.25, -0.2) is 0 Å². The predicted molar refractivity (Wildman–Crippen MR) is 68.5 cm³/mol. The van der Waals surface area contributed by atoms with Gasteiger partial charge in [-0.2, -0.15) is 0 Å². The molecule has 0 radical (unpaired) electrons. The summed E-state index contributed by atoms with van der Waals surface area (Å²) in [6.07, 6.45) is 6.83. The van der Waals surface area contributed by atoms with Crippen LogP contribution in [0.25, 0.3) is 0 Å². The van der Waals surface area contributed by atoms with Crippen molar-refractivity contribution in [1.82, 2.24) is 9.80 Å². The first kappa shape index (κ1) is 12.3. The molecule has 1 aliphatic heterocycles. The molecule has 0 unspecified atom stereocenters. The molecule has 0 aromatic carbocycles. The van der Waals surface area contributed by atoms with Crippen molar-refractivity contribution in [1.29, 1.82) is 0 Å². The molecule has 0 aromatic rings. The molecule has 2 N–H and O–H groups in total. The van der Waals surface area contributed by atoms with Crippen molar-refractivity contribution in [2.45, 2.75) is 32.1 Å². The third-order valence-electron chi connectivity index (χ3n) is 4.23. The molecule has 3 nitrogen and oxygen atoms in total. The molecule has 0 bridgehead atoms. The molecule has 2 aliphatic rings. The quantitative estimate of drug-likeness (QED) is 0.705. The summed E-state index contributed by atoms with van der Waals surface area (Å²) in [7, 11) is 2.27. The van der Waals surface area contributed by atoms with Crippen LogP contribution in [0, 0.1) is 5.41 Å². The number of rotatable bonds is 7. The molecular weight excluding hydrogens is 198 g/mol. The van der Waals surface area contributed by atoms with Crippen LogP contribution in [0.15, 0.2) is 0 Å². The fourth-order valence-corrected chi connectivity index (χ4v) is 2.94. The van der Waals surface area contributed by atoms with Gasteiger partial charge in [0.1, 0.15) is 0 Å². The summed E-state index contributed by atoms with van der Waals surface area (Å²) in [6.45, 7) is 7.25. The summed E-state index contributed by atoms with van der Waals surface area (Å²) in [6, 6.07) is 0. The largest absolute Gasteiger partial charge is 0.330 e. The Labute approximate surface area is 100.0 Å². The zero-order valence-corrected chi connectivity index (χ0v) is 10.7. The number of hydrogen-bond acceptors (Lipinski definition) is 3. The van der Waals surface area contributed by atoms with E-state index in [1.807, 2.05) is 0 Å². The van der Waals surface area contributed by atoms with E-state index in [2.05, 4.69) is 16.8 Å². The van der Waals surface area contributed by atoms with Gasteiger partial charge in [-0.3, -0.25) is 0 Å². The molecule has 94 valence electrons. The van der Waals surface area contributed by atoms with E-state index in [1.54, 1.807) is 0 Å². The molecule has 1 saturated carbocycles. The average Bonchev–Trinajstić information content (AvgIpc) is 2.82. The Morgan fingerprint density at radius 2 is 1.94 bits per heavy atom. The van der Waals surface area contributed by atoms with E-state index in [9.17, 15) is 0 Å². The van der Waals surface area contributed by atoms with E-state index in [4.69, 9.17) is 5.73 Å². The van der Waals surface area contributed by atoms with Gasteiger partial charge in [0.25, 0.3) is 0 Å². The van der Waals surface area contributed by atoms with Crippen molar-refractivity contribution in [2.24, 2.45) is 11.1 Å². The second kappa shape index (κ2) is 5.48. The van der Waals surface area contributed by atoms with Gasteiger partial charge in [-0.1, -0.05) is 0 Å². The maximum atomic E-state index is 5.68. The molecule has 2 fully saturated rings. The fraction of sp³-hybridized carbons (Fsp3) is 1.00. The highest BCUT2D eigenvalue weighted by molar-refractivity contribution is 4.95. The van der Waals surface area contributed by atoms with E-state index < -0.39 is 0 Å². The highest BCUT2D eigenvalue weighted by Crippen LogP contribution is 2.48. The monoisotopic (exact) mass is 225 g/mol. The smallest absolute Gasteiger partial charge is 0.0109 e. The summed E-state index contributed by atoms with van der Waals surface area (Å²) in [4.78, 5) is 5.11. The van der Waals surface area contributed by atoms with Crippen LogP contribution in [0.1, 0.15) is 32.1 Å². The first-order valence-corrected chi connectivity index (χ1v) is 6.85. The lowest BCUT2D eigenvalue weighted by molar-refractivity contribution is 0.218. The number of likely N-dealkylation sites (tertiary alicyclic amines) is 1. The molecule has 1 saturated heterocycles. The fourth-order valence-electron chi connectivity index (χ4n) is 2.94. The molecule has 0 amide bonds. The van der Waals surface area contributed by atoms with Gasteiger partial charge in [0, 0.05) is 19.6 Å². The summed E-state index contributed by atoms with van der Waals surface area (Å²) in [5.74, 6) is 0. The SMILES string of the molecule is CN(CCN1CCCC1)CC1(CCN)CC1. The Bertz CT molecular complexity index is 207. The van der Waals surface area contributed by atoms with Crippen LogP contribution in [0.2, 0.25) is 0 Å². The topological polar surface area (TPSA) is 32.5 Å². The van der Waals surface area contributed by atoms with Gasteiger partial charge < -0.3 is 15.5 Å². The normalized spacial score (nSPS) is 24.2. The van der Waals surface area contributed by atoms with Gasteiger partial charge in [-0.15, -0.1) is 0 Å². The van der Waals surface area contributed by atoms with Crippen LogP contribution >= 0.6 is 0 Å². The molecule has 0 spiro atoms. The minimum atomic E-state index is 0.606. The standard InChI is InChI=1S/C13H27N3/c1-15(10-11-16-8-2-3-9-16)12-13(4-5-13)6-7-14/h2-12,14H2,1H3. The molecule has 3 heteroatoms. The number of nitrogens with two attached hydrogens (primary N) is 1. The molecule has 1 heterocycles. The summed E-state index contributed by atoms with van der Waals surface area (Å²) >= 11 is 0.